The minimum atomic E-state index is -0.122. The van der Waals surface area contributed by atoms with Crippen LogP contribution in [0.15, 0.2) is 48.0 Å². The Morgan fingerprint density at radius 3 is 2.55 bits per heavy atom. The molecular formula is C22H23N3O3S. The number of ketones is 1. The summed E-state index contributed by atoms with van der Waals surface area (Å²) in [5.41, 5.74) is 3.64. The minimum Gasteiger partial charge on any atom is -0.484 e. The van der Waals surface area contributed by atoms with Crippen LogP contribution in [0.25, 0.3) is 11.2 Å². The van der Waals surface area contributed by atoms with Crippen LogP contribution in [0.5, 0.6) is 5.75 Å². The molecule has 3 rings (SSSR count). The van der Waals surface area contributed by atoms with Crippen molar-refractivity contribution in [1.82, 2.24) is 14.5 Å². The highest BCUT2D eigenvalue weighted by Gasteiger charge is 2.11. The normalized spacial score (nSPS) is 11.0. The summed E-state index contributed by atoms with van der Waals surface area (Å²) < 4.78 is 7.51. The molecule has 6 nitrogen and oxygen atoms in total. The monoisotopic (exact) mass is 409 g/mol. The van der Waals surface area contributed by atoms with Gasteiger partial charge in [-0.15, -0.1) is 11.3 Å². The number of thiazole rings is 1. The summed E-state index contributed by atoms with van der Waals surface area (Å²) in [6, 6.07) is 8.82. The van der Waals surface area contributed by atoms with E-state index in [2.05, 4.69) is 9.55 Å². The van der Waals surface area contributed by atoms with Gasteiger partial charge >= 0.3 is 0 Å². The number of hydrogen-bond donors (Lipinski definition) is 0. The first-order valence-electron chi connectivity index (χ1n) is 9.11. The van der Waals surface area contributed by atoms with Crippen molar-refractivity contribution in [3.63, 3.8) is 0 Å². The Balaban J connectivity index is 1.68. The molecule has 0 N–H and O–H groups in total. The highest BCUT2D eigenvalue weighted by Crippen LogP contribution is 2.23. The van der Waals surface area contributed by atoms with Crippen LogP contribution < -0.4 is 4.74 Å². The number of aryl methyl sites for hydroxylation is 1. The van der Waals surface area contributed by atoms with Gasteiger partial charge in [0.25, 0.3) is 5.91 Å². The molecule has 3 aromatic rings. The molecule has 0 aliphatic carbocycles. The Morgan fingerprint density at radius 2 is 1.93 bits per heavy atom. The zero-order chi connectivity index (χ0) is 21.0. The van der Waals surface area contributed by atoms with Crippen molar-refractivity contribution in [3.8, 4) is 10.9 Å². The topological polar surface area (TPSA) is 64.4 Å². The average Bonchev–Trinajstić information content (AvgIpc) is 3.32. The summed E-state index contributed by atoms with van der Waals surface area (Å²) >= 11 is 1.57. The molecule has 29 heavy (non-hydrogen) atoms. The van der Waals surface area contributed by atoms with E-state index >= 15 is 0 Å². The third-order valence-corrected chi connectivity index (χ3v) is 5.25. The van der Waals surface area contributed by atoms with Crippen molar-refractivity contribution in [2.24, 2.45) is 0 Å². The molecule has 0 bridgehead atoms. The van der Waals surface area contributed by atoms with Crippen LogP contribution in [0.3, 0.4) is 0 Å². The van der Waals surface area contributed by atoms with Crippen molar-refractivity contribution < 1.29 is 14.3 Å². The number of ether oxygens (including phenoxy) is 1. The van der Waals surface area contributed by atoms with Gasteiger partial charge in [-0.25, -0.2) is 4.98 Å². The maximum Gasteiger partial charge on any atom is 0.259 e. The van der Waals surface area contributed by atoms with Gasteiger partial charge in [-0.3, -0.25) is 14.2 Å². The van der Waals surface area contributed by atoms with E-state index in [0.29, 0.717) is 11.3 Å². The van der Waals surface area contributed by atoms with E-state index in [1.807, 2.05) is 31.4 Å². The van der Waals surface area contributed by atoms with Gasteiger partial charge < -0.3 is 9.64 Å². The molecule has 2 aromatic heterocycles. The second kappa shape index (κ2) is 8.87. The lowest BCUT2D eigenvalue weighted by Crippen LogP contribution is -2.27. The van der Waals surface area contributed by atoms with Crippen LogP contribution in [0.2, 0.25) is 0 Å². The number of allylic oxidation sites excluding steroid dienone is 1. The standard InChI is InChI=1S/C22H23N3O3S/c1-15-13-18(16(2)25(15)22-23-11-12-29-22)7-10-20(26)17-5-8-19(9-6-17)28-14-21(27)24(3)4/h5-13H,14H2,1-4H3/b10-7+. The number of nitrogens with zero attached hydrogens (tertiary/aromatic N) is 3. The molecule has 0 unspecified atom stereocenters. The van der Waals surface area contributed by atoms with Gasteiger partial charge in [0.15, 0.2) is 17.5 Å². The van der Waals surface area contributed by atoms with E-state index in [1.54, 1.807) is 62.0 Å². The van der Waals surface area contributed by atoms with E-state index in [9.17, 15) is 9.59 Å². The largest absolute Gasteiger partial charge is 0.484 e. The third kappa shape index (κ3) is 4.81. The summed E-state index contributed by atoms with van der Waals surface area (Å²) in [6.07, 6.45) is 5.18. The first-order chi connectivity index (χ1) is 13.9. The van der Waals surface area contributed by atoms with Crippen molar-refractivity contribution >= 4 is 29.1 Å². The number of aromatic nitrogens is 2. The first-order valence-corrected chi connectivity index (χ1v) is 9.99. The number of hydrogen-bond acceptors (Lipinski definition) is 5. The van der Waals surface area contributed by atoms with Crippen molar-refractivity contribution in [2.75, 3.05) is 20.7 Å². The van der Waals surface area contributed by atoms with Gasteiger partial charge in [-0.05, 0) is 61.9 Å². The van der Waals surface area contributed by atoms with Crippen LogP contribution in [0.1, 0.15) is 27.3 Å². The molecule has 2 heterocycles. The smallest absolute Gasteiger partial charge is 0.259 e. The van der Waals surface area contributed by atoms with Crippen LogP contribution in [-0.2, 0) is 4.79 Å². The van der Waals surface area contributed by atoms with Crippen LogP contribution >= 0.6 is 11.3 Å². The molecule has 0 saturated heterocycles. The van der Waals surface area contributed by atoms with E-state index in [1.165, 1.54) is 4.90 Å². The number of likely N-dealkylation sites (N-methyl/N-ethyl adjacent to an activating group) is 1. The van der Waals surface area contributed by atoms with E-state index in [-0.39, 0.29) is 18.3 Å². The Kier molecular flexibility index (Phi) is 6.29. The van der Waals surface area contributed by atoms with Gasteiger partial charge in [0.1, 0.15) is 5.75 Å². The van der Waals surface area contributed by atoms with E-state index in [0.717, 1.165) is 22.1 Å². The molecule has 150 valence electrons. The highest BCUT2D eigenvalue weighted by molar-refractivity contribution is 7.12. The van der Waals surface area contributed by atoms with Crippen molar-refractivity contribution in [1.29, 1.82) is 0 Å². The summed E-state index contributed by atoms with van der Waals surface area (Å²) in [4.78, 5) is 29.9. The fourth-order valence-corrected chi connectivity index (χ4v) is 3.58. The van der Waals surface area contributed by atoms with Crippen LogP contribution in [-0.4, -0.2) is 46.8 Å². The van der Waals surface area contributed by atoms with Gasteiger partial charge in [0.05, 0.1) is 0 Å². The number of amides is 1. The number of rotatable bonds is 7. The number of benzene rings is 1. The van der Waals surface area contributed by atoms with Gasteiger partial charge in [0, 0.05) is 42.6 Å². The SMILES string of the molecule is Cc1cc(/C=C/C(=O)c2ccc(OCC(=O)N(C)C)cc2)c(C)n1-c1nccs1. The lowest BCUT2D eigenvalue weighted by molar-refractivity contribution is -0.130. The molecule has 0 fully saturated rings. The summed E-state index contributed by atoms with van der Waals surface area (Å²) in [5.74, 6) is 0.330. The Morgan fingerprint density at radius 1 is 1.21 bits per heavy atom. The fourth-order valence-electron chi connectivity index (χ4n) is 2.83. The Labute approximate surface area is 174 Å². The van der Waals surface area contributed by atoms with Crippen LogP contribution in [0, 0.1) is 13.8 Å². The van der Waals surface area contributed by atoms with Crippen molar-refractivity contribution in [3.05, 3.63) is 70.5 Å². The van der Waals surface area contributed by atoms with Gasteiger partial charge in [-0.2, -0.15) is 0 Å². The maximum atomic E-state index is 12.5. The highest BCUT2D eigenvalue weighted by atomic mass is 32.1. The number of carbonyl (C=O) groups excluding carboxylic acids is 2. The van der Waals surface area contributed by atoms with E-state index < -0.39 is 0 Å². The molecule has 0 radical (unpaired) electrons. The summed E-state index contributed by atoms with van der Waals surface area (Å²) in [6.45, 7) is 4.00. The summed E-state index contributed by atoms with van der Waals surface area (Å²) in [5, 5.41) is 2.85. The Hall–Kier alpha value is -3.19. The summed E-state index contributed by atoms with van der Waals surface area (Å²) in [7, 11) is 3.35. The fraction of sp³-hybridized carbons (Fsp3) is 0.227. The first kappa shape index (κ1) is 20.5. The molecule has 0 atom stereocenters. The second-order valence-corrected chi connectivity index (χ2v) is 7.65. The zero-order valence-electron chi connectivity index (χ0n) is 16.9. The maximum absolute atomic E-state index is 12.5. The molecule has 7 heteroatoms. The average molecular weight is 410 g/mol. The molecular weight excluding hydrogens is 386 g/mol. The minimum absolute atomic E-state index is 0.0328. The number of carbonyl (C=O) groups is 2. The molecule has 0 saturated carbocycles. The lowest BCUT2D eigenvalue weighted by atomic mass is 10.1. The van der Waals surface area contributed by atoms with Crippen molar-refractivity contribution in [2.45, 2.75) is 13.8 Å². The molecule has 0 aliphatic heterocycles. The lowest BCUT2D eigenvalue weighted by Gasteiger charge is -2.11. The van der Waals surface area contributed by atoms with E-state index in [4.69, 9.17) is 4.74 Å². The third-order valence-electron chi connectivity index (χ3n) is 4.50. The molecule has 0 spiro atoms. The molecule has 1 aromatic carbocycles. The van der Waals surface area contributed by atoms with Gasteiger partial charge in [0.2, 0.25) is 0 Å². The molecule has 1 amide bonds. The van der Waals surface area contributed by atoms with Gasteiger partial charge in [-0.1, -0.05) is 0 Å². The Bertz CT molecular complexity index is 1030. The van der Waals surface area contributed by atoms with Crippen LogP contribution in [0.4, 0.5) is 0 Å². The second-order valence-electron chi connectivity index (χ2n) is 6.78. The predicted octanol–water partition coefficient (Wildman–Crippen LogP) is 3.91. The predicted molar refractivity (Wildman–Crippen MR) is 115 cm³/mol. The quantitative estimate of drug-likeness (QED) is 0.438. The zero-order valence-corrected chi connectivity index (χ0v) is 17.7. The molecule has 0 aliphatic rings.